The van der Waals surface area contributed by atoms with Gasteiger partial charge in [0, 0.05) is 49.6 Å². The molecule has 1 unspecified atom stereocenters. The Kier molecular flexibility index (Phi) is 6.91. The van der Waals surface area contributed by atoms with Crippen LogP contribution < -0.4 is 5.73 Å². The van der Waals surface area contributed by atoms with Gasteiger partial charge in [-0.05, 0) is 42.8 Å². The summed E-state index contributed by atoms with van der Waals surface area (Å²) in [6.45, 7) is 1.93. The van der Waals surface area contributed by atoms with Crippen molar-refractivity contribution in [3.05, 3.63) is 47.7 Å². The second kappa shape index (κ2) is 10.0. The van der Waals surface area contributed by atoms with Gasteiger partial charge in [0.15, 0.2) is 5.11 Å². The van der Waals surface area contributed by atoms with E-state index in [2.05, 4.69) is 21.1 Å². The summed E-state index contributed by atoms with van der Waals surface area (Å²) in [5, 5.41) is 16.0. The third-order valence-electron chi connectivity index (χ3n) is 5.64. The van der Waals surface area contributed by atoms with Crippen LogP contribution in [0.1, 0.15) is 24.0 Å². The van der Waals surface area contributed by atoms with Gasteiger partial charge in [-0.3, -0.25) is 0 Å². The van der Waals surface area contributed by atoms with Gasteiger partial charge in [0.1, 0.15) is 5.82 Å². The van der Waals surface area contributed by atoms with Crippen LogP contribution in [-0.4, -0.2) is 50.6 Å². The van der Waals surface area contributed by atoms with Crippen LogP contribution in [0.15, 0.2) is 35.8 Å². The Morgan fingerprint density at radius 1 is 1.48 bits per heavy atom. The summed E-state index contributed by atoms with van der Waals surface area (Å²) in [5.74, 6) is -0.0872. The van der Waals surface area contributed by atoms with Gasteiger partial charge in [-0.15, -0.1) is 0 Å². The quantitative estimate of drug-likeness (QED) is 0.325. The van der Waals surface area contributed by atoms with Crippen LogP contribution in [0.5, 0.6) is 0 Å². The number of aromatic nitrogens is 3. The minimum atomic E-state index is -0.388. The standard InChI is InChI=1S/C23H24FN7OS/c1-30-14-27-11-22(30)21-8-17(10-28-31(23(26)33)12-15-4-6-32-13-15)18-7-16(3-2-5-25)19(24)9-20(18)29-21/h7-11,14-15H,2-4,6,12-13H2,1H3,(H2,26,33)/b28-10+. The van der Waals surface area contributed by atoms with Gasteiger partial charge >= 0.3 is 0 Å². The predicted octanol–water partition coefficient (Wildman–Crippen LogP) is 3.15. The fourth-order valence-electron chi connectivity index (χ4n) is 3.84. The largest absolute Gasteiger partial charge is 0.381 e. The highest BCUT2D eigenvalue weighted by molar-refractivity contribution is 7.80. The molecule has 10 heteroatoms. The molecule has 1 saturated heterocycles. The summed E-state index contributed by atoms with van der Waals surface area (Å²) in [4.78, 5) is 8.82. The van der Waals surface area contributed by atoms with Gasteiger partial charge in [-0.1, -0.05) is 0 Å². The number of fused-ring (bicyclic) bond motifs is 1. The molecule has 1 aliphatic rings. The summed E-state index contributed by atoms with van der Waals surface area (Å²) in [7, 11) is 1.87. The Morgan fingerprint density at radius 2 is 2.33 bits per heavy atom. The van der Waals surface area contributed by atoms with E-state index < -0.39 is 0 Å². The summed E-state index contributed by atoms with van der Waals surface area (Å²) in [6, 6.07) is 7.08. The number of hydrazone groups is 1. The number of nitrogens with two attached hydrogens (primary N) is 1. The highest BCUT2D eigenvalue weighted by atomic mass is 32.1. The molecule has 33 heavy (non-hydrogen) atoms. The number of imidazole rings is 1. The molecule has 2 N–H and O–H groups in total. The van der Waals surface area contributed by atoms with Crippen LogP contribution in [0, 0.1) is 23.1 Å². The Bertz CT molecular complexity index is 1240. The van der Waals surface area contributed by atoms with Gasteiger partial charge in [0.25, 0.3) is 0 Å². The number of ether oxygens (including phenoxy) is 1. The maximum atomic E-state index is 14.7. The number of rotatable bonds is 7. The average Bonchev–Trinajstić information content (AvgIpc) is 3.46. The van der Waals surface area contributed by atoms with Crippen molar-refractivity contribution in [1.82, 2.24) is 19.5 Å². The molecule has 1 fully saturated rings. The lowest BCUT2D eigenvalue weighted by atomic mass is 10.0. The Labute approximate surface area is 196 Å². The number of benzene rings is 1. The molecule has 1 aromatic carbocycles. The van der Waals surface area contributed by atoms with Crippen molar-refractivity contribution < 1.29 is 9.13 Å². The van der Waals surface area contributed by atoms with E-state index in [0.717, 1.165) is 29.7 Å². The maximum absolute atomic E-state index is 14.7. The number of hydrogen-bond donors (Lipinski definition) is 1. The van der Waals surface area contributed by atoms with Gasteiger partial charge in [-0.25, -0.2) is 19.4 Å². The number of thiocarbonyl (C=S) groups is 1. The average molecular weight is 466 g/mol. The molecular weight excluding hydrogens is 441 g/mol. The molecule has 0 aliphatic carbocycles. The van der Waals surface area contributed by atoms with Crippen LogP contribution in [0.2, 0.25) is 0 Å². The van der Waals surface area contributed by atoms with Crippen LogP contribution in [0.3, 0.4) is 0 Å². The highest BCUT2D eigenvalue weighted by Crippen LogP contribution is 2.27. The smallest absolute Gasteiger partial charge is 0.186 e. The Morgan fingerprint density at radius 3 is 3.00 bits per heavy atom. The monoisotopic (exact) mass is 465 g/mol. The first-order chi connectivity index (χ1) is 16.0. The van der Waals surface area contributed by atoms with E-state index in [4.69, 9.17) is 28.0 Å². The molecule has 0 amide bonds. The summed E-state index contributed by atoms with van der Waals surface area (Å²) in [5.41, 5.74) is 9.02. The number of aryl methyl sites for hydroxylation is 2. The maximum Gasteiger partial charge on any atom is 0.186 e. The van der Waals surface area contributed by atoms with Gasteiger partial charge in [0.05, 0.1) is 48.3 Å². The zero-order valence-electron chi connectivity index (χ0n) is 18.2. The van der Waals surface area contributed by atoms with E-state index in [1.165, 1.54) is 6.07 Å². The lowest BCUT2D eigenvalue weighted by Crippen LogP contribution is -2.35. The third-order valence-corrected chi connectivity index (χ3v) is 5.85. The molecular formula is C23H24FN7OS. The van der Waals surface area contributed by atoms with Crippen LogP contribution in [0.25, 0.3) is 22.3 Å². The zero-order valence-corrected chi connectivity index (χ0v) is 19.1. The van der Waals surface area contributed by atoms with E-state index in [9.17, 15) is 4.39 Å². The van der Waals surface area contributed by atoms with Crippen LogP contribution in [0.4, 0.5) is 4.39 Å². The molecule has 2 aromatic heterocycles. The van der Waals surface area contributed by atoms with E-state index in [1.807, 2.05) is 17.7 Å². The third kappa shape index (κ3) is 5.16. The van der Waals surface area contributed by atoms with Crippen LogP contribution >= 0.6 is 12.2 Å². The fourth-order valence-corrected chi connectivity index (χ4v) is 3.96. The normalized spacial score (nSPS) is 15.8. The van der Waals surface area contributed by atoms with Crippen molar-refractivity contribution >= 4 is 34.4 Å². The molecule has 0 spiro atoms. The van der Waals surface area contributed by atoms with E-state index in [0.29, 0.717) is 42.3 Å². The van der Waals surface area contributed by atoms with Crippen molar-refractivity contribution in [2.75, 3.05) is 19.8 Å². The van der Waals surface area contributed by atoms with Crippen molar-refractivity contribution in [3.63, 3.8) is 0 Å². The molecule has 3 aromatic rings. The molecule has 0 radical (unpaired) electrons. The van der Waals surface area contributed by atoms with Crippen molar-refractivity contribution in [2.24, 2.45) is 23.8 Å². The van der Waals surface area contributed by atoms with E-state index >= 15 is 0 Å². The molecule has 0 bridgehead atoms. The highest BCUT2D eigenvalue weighted by Gasteiger charge is 2.20. The second-order valence-electron chi connectivity index (χ2n) is 8.00. The Balaban J connectivity index is 1.78. The Hall–Kier alpha value is -3.42. The number of nitrogens with zero attached hydrogens (tertiary/aromatic N) is 6. The number of hydrogen-bond acceptors (Lipinski definition) is 6. The molecule has 1 atom stereocenters. The van der Waals surface area contributed by atoms with Crippen molar-refractivity contribution in [2.45, 2.75) is 19.3 Å². The van der Waals surface area contributed by atoms with E-state index in [1.54, 1.807) is 29.8 Å². The lowest BCUT2D eigenvalue weighted by molar-refractivity contribution is 0.180. The van der Waals surface area contributed by atoms with Crippen LogP contribution in [-0.2, 0) is 18.2 Å². The summed E-state index contributed by atoms with van der Waals surface area (Å²) >= 11 is 5.20. The number of nitriles is 1. The molecule has 8 nitrogen and oxygen atoms in total. The van der Waals surface area contributed by atoms with Gasteiger partial charge in [-0.2, -0.15) is 10.4 Å². The SMILES string of the molecule is Cn1cncc1-c1cc(/C=N/N(CC2CCOC2)C(N)=S)c2cc(CCC#N)c(F)cc2n1. The summed E-state index contributed by atoms with van der Waals surface area (Å²) in [6.07, 6.45) is 6.53. The molecule has 170 valence electrons. The molecule has 0 saturated carbocycles. The lowest BCUT2D eigenvalue weighted by Gasteiger charge is -2.20. The van der Waals surface area contributed by atoms with Gasteiger partial charge in [0.2, 0.25) is 0 Å². The second-order valence-corrected chi connectivity index (χ2v) is 8.42. The van der Waals surface area contributed by atoms with Crippen molar-refractivity contribution in [3.8, 4) is 17.5 Å². The molecule has 4 rings (SSSR count). The first kappa shape index (κ1) is 22.8. The molecule has 1 aliphatic heterocycles. The van der Waals surface area contributed by atoms with E-state index in [-0.39, 0.29) is 17.4 Å². The minimum Gasteiger partial charge on any atom is -0.381 e. The van der Waals surface area contributed by atoms with Gasteiger partial charge < -0.3 is 15.0 Å². The van der Waals surface area contributed by atoms with Crippen molar-refractivity contribution in [1.29, 1.82) is 5.26 Å². The first-order valence-corrected chi connectivity index (χ1v) is 11.0. The topological polar surface area (TPSA) is 105 Å². The number of halogens is 1. The zero-order chi connectivity index (χ0) is 23.4. The minimum absolute atomic E-state index is 0.170. The number of pyridine rings is 1. The fraction of sp³-hybridized carbons (Fsp3) is 0.348. The predicted molar refractivity (Wildman–Crippen MR) is 128 cm³/mol. The summed E-state index contributed by atoms with van der Waals surface area (Å²) < 4.78 is 22.0. The first-order valence-electron chi connectivity index (χ1n) is 10.6. The molecule has 3 heterocycles.